The number of ether oxygens (including phenoxy) is 2. The van der Waals surface area contributed by atoms with Gasteiger partial charge in [-0.25, -0.2) is 9.59 Å². The molecule has 0 aliphatic heterocycles. The molecule has 6 N–H and O–H groups in total. The summed E-state index contributed by atoms with van der Waals surface area (Å²) in [7, 11) is -3.49. The minimum Gasteiger partial charge on any atom is -0.444 e. The Morgan fingerprint density at radius 1 is 0.806 bits per heavy atom. The molecular formula is C23H51N3O9S. The zero-order valence-corrected chi connectivity index (χ0v) is 24.5. The van der Waals surface area contributed by atoms with E-state index in [9.17, 15) is 18.0 Å². The highest BCUT2D eigenvalue weighted by molar-refractivity contribution is 7.85. The molecule has 0 bridgehead atoms. The van der Waals surface area contributed by atoms with Crippen LogP contribution in [0.15, 0.2) is 0 Å². The Bertz CT molecular complexity index is 682. The lowest BCUT2D eigenvalue weighted by Gasteiger charge is -2.22. The van der Waals surface area contributed by atoms with E-state index in [1.807, 2.05) is 20.8 Å². The van der Waals surface area contributed by atoms with Crippen LogP contribution in [0.4, 0.5) is 9.59 Å². The van der Waals surface area contributed by atoms with Crippen molar-refractivity contribution in [2.24, 2.45) is 5.73 Å². The van der Waals surface area contributed by atoms with Crippen LogP contribution >= 0.6 is 0 Å². The van der Waals surface area contributed by atoms with Crippen LogP contribution in [-0.4, -0.2) is 86.2 Å². The van der Waals surface area contributed by atoms with Gasteiger partial charge in [0.25, 0.3) is 10.1 Å². The third kappa shape index (κ3) is 30.4. The van der Waals surface area contributed by atoms with Crippen LogP contribution in [0.3, 0.4) is 0 Å². The van der Waals surface area contributed by atoms with Crippen molar-refractivity contribution in [3.8, 4) is 0 Å². The average molecular weight is 546 g/mol. The lowest BCUT2D eigenvalue weighted by Crippen LogP contribution is -2.41. The lowest BCUT2D eigenvalue weighted by molar-refractivity contribution is 0.0473. The maximum absolute atomic E-state index is 11.4. The van der Waals surface area contributed by atoms with Gasteiger partial charge in [-0.2, -0.15) is 8.42 Å². The Hall–Kier alpha value is -1.67. The fourth-order valence-corrected chi connectivity index (χ4v) is 2.23. The second-order valence-corrected chi connectivity index (χ2v) is 11.7. The molecule has 0 rings (SSSR count). The van der Waals surface area contributed by atoms with Crippen molar-refractivity contribution in [2.45, 2.75) is 111 Å². The summed E-state index contributed by atoms with van der Waals surface area (Å²) in [6, 6.07) is -0.612. The fourth-order valence-electron chi connectivity index (χ4n) is 1.82. The van der Waals surface area contributed by atoms with Crippen molar-refractivity contribution in [2.75, 3.05) is 26.1 Å². The molecule has 0 saturated heterocycles. The first kappa shape index (κ1) is 38.9. The highest BCUT2D eigenvalue weighted by Crippen LogP contribution is 2.08. The highest BCUT2D eigenvalue weighted by atomic mass is 32.2. The molecule has 2 amide bonds. The van der Waals surface area contributed by atoms with Crippen molar-refractivity contribution in [3.63, 3.8) is 0 Å². The topological polar surface area (TPSA) is 187 Å². The zero-order chi connectivity index (χ0) is 29.2. The zero-order valence-electron chi connectivity index (χ0n) is 23.7. The van der Waals surface area contributed by atoms with Crippen molar-refractivity contribution in [1.82, 2.24) is 10.6 Å². The van der Waals surface area contributed by atoms with E-state index in [0.717, 1.165) is 12.7 Å². The van der Waals surface area contributed by atoms with Crippen LogP contribution in [0.25, 0.3) is 0 Å². The molecule has 0 fully saturated rings. The molecule has 218 valence electrons. The third-order valence-corrected chi connectivity index (χ3v) is 4.45. The first-order valence-electron chi connectivity index (χ1n) is 12.0. The molecule has 0 aromatic carbocycles. The summed E-state index contributed by atoms with van der Waals surface area (Å²) in [5.41, 5.74) is 4.15. The van der Waals surface area contributed by atoms with Crippen molar-refractivity contribution >= 4 is 22.3 Å². The predicted octanol–water partition coefficient (Wildman–Crippen LogP) is 2.26. The SMILES string of the molecule is CCC(CO)NC(=O)OC(C)(C)C.CCC(COS(C)(=O)=O)NC(=O)OC(C)(C)C.CCC(N)CO. The van der Waals surface area contributed by atoms with Crippen LogP contribution < -0.4 is 16.4 Å². The van der Waals surface area contributed by atoms with E-state index in [1.54, 1.807) is 41.5 Å². The Morgan fingerprint density at radius 2 is 1.19 bits per heavy atom. The molecule has 0 heterocycles. The van der Waals surface area contributed by atoms with Crippen LogP contribution in [0, 0.1) is 0 Å². The van der Waals surface area contributed by atoms with Crippen LogP contribution in [0.1, 0.15) is 81.6 Å². The molecular weight excluding hydrogens is 494 g/mol. The number of hydrogen-bond acceptors (Lipinski definition) is 10. The van der Waals surface area contributed by atoms with Crippen molar-refractivity contribution in [3.05, 3.63) is 0 Å². The number of aliphatic hydroxyl groups is 2. The Labute approximate surface area is 217 Å². The fraction of sp³-hybridized carbons (Fsp3) is 0.913. The minimum absolute atomic E-state index is 0.00926. The number of carbonyl (C=O) groups is 2. The summed E-state index contributed by atoms with van der Waals surface area (Å²) in [5, 5.41) is 22.1. The van der Waals surface area contributed by atoms with Crippen molar-refractivity contribution in [1.29, 1.82) is 0 Å². The van der Waals surface area contributed by atoms with Gasteiger partial charge < -0.3 is 36.1 Å². The summed E-state index contributed by atoms with van der Waals surface area (Å²) >= 11 is 0. The van der Waals surface area contributed by atoms with E-state index in [-0.39, 0.29) is 37.9 Å². The van der Waals surface area contributed by atoms with Gasteiger partial charge in [-0.05, 0) is 60.8 Å². The molecule has 0 saturated carbocycles. The molecule has 0 spiro atoms. The summed E-state index contributed by atoms with van der Waals surface area (Å²) in [4.78, 5) is 22.6. The summed E-state index contributed by atoms with van der Waals surface area (Å²) in [6.45, 7) is 16.3. The van der Waals surface area contributed by atoms with E-state index >= 15 is 0 Å². The number of rotatable bonds is 10. The van der Waals surface area contributed by atoms with Crippen LogP contribution in [-0.2, 0) is 23.8 Å². The largest absolute Gasteiger partial charge is 0.444 e. The molecule has 3 atom stereocenters. The number of nitrogens with two attached hydrogens (primary N) is 1. The quantitative estimate of drug-likeness (QED) is 0.255. The van der Waals surface area contributed by atoms with Gasteiger partial charge in [0.05, 0.1) is 38.2 Å². The number of carbonyl (C=O) groups excluding carboxylic acids is 2. The van der Waals surface area contributed by atoms with Gasteiger partial charge in [-0.3, -0.25) is 4.18 Å². The maximum atomic E-state index is 11.4. The summed E-state index contributed by atoms with van der Waals surface area (Å²) in [6.07, 6.45) is 2.00. The number of hydrogen-bond donors (Lipinski definition) is 5. The Balaban J connectivity index is -0.000000505. The molecule has 0 aromatic rings. The van der Waals surface area contributed by atoms with Crippen LogP contribution in [0.5, 0.6) is 0 Å². The van der Waals surface area contributed by atoms with Gasteiger partial charge in [-0.15, -0.1) is 0 Å². The molecule has 3 unspecified atom stereocenters. The van der Waals surface area contributed by atoms with Crippen LogP contribution in [0.2, 0.25) is 0 Å². The highest BCUT2D eigenvalue weighted by Gasteiger charge is 2.20. The Morgan fingerprint density at radius 3 is 1.42 bits per heavy atom. The number of aliphatic hydroxyl groups excluding tert-OH is 2. The first-order valence-corrected chi connectivity index (χ1v) is 13.9. The molecule has 12 nitrogen and oxygen atoms in total. The smallest absolute Gasteiger partial charge is 0.407 e. The number of alkyl carbamates (subject to hydrolysis) is 2. The van der Waals surface area contributed by atoms with Gasteiger partial charge in [0.2, 0.25) is 0 Å². The molecule has 0 aliphatic carbocycles. The first-order chi connectivity index (χ1) is 16.2. The maximum Gasteiger partial charge on any atom is 0.407 e. The van der Waals surface area contributed by atoms with E-state index in [2.05, 4.69) is 14.8 Å². The second kappa shape index (κ2) is 19.4. The second-order valence-electron chi connectivity index (χ2n) is 10.0. The van der Waals surface area contributed by atoms with Gasteiger partial charge in [0.15, 0.2) is 0 Å². The standard InChI is InChI=1S/C10H21NO5S.C9H19NO3.C4H11NO/c1-6-8(7-15-17(5,13)14)11-9(12)16-10(2,3)4;1-5-7(6-11)10-8(12)13-9(2,3)4;1-2-4(5)3-6/h8H,6-7H2,1-5H3,(H,11,12);7,11H,5-6H2,1-4H3,(H,10,12);4,6H,2-3,5H2,1H3. The minimum atomic E-state index is -3.49. The number of amides is 2. The summed E-state index contributed by atoms with van der Waals surface area (Å²) in [5.74, 6) is 0. The van der Waals surface area contributed by atoms with E-state index in [0.29, 0.717) is 12.8 Å². The normalized spacial score (nSPS) is 14.0. The number of nitrogens with one attached hydrogen (secondary N) is 2. The molecule has 36 heavy (non-hydrogen) atoms. The predicted molar refractivity (Wildman–Crippen MR) is 140 cm³/mol. The Kier molecular flexibility index (Phi) is 21.0. The van der Waals surface area contributed by atoms with Crippen molar-refractivity contribution < 1.29 is 41.9 Å². The molecule has 13 heteroatoms. The third-order valence-electron chi connectivity index (χ3n) is 3.89. The van der Waals surface area contributed by atoms with Gasteiger partial charge in [-0.1, -0.05) is 20.8 Å². The van der Waals surface area contributed by atoms with Gasteiger partial charge in [0, 0.05) is 6.04 Å². The van der Waals surface area contributed by atoms with Gasteiger partial charge >= 0.3 is 12.2 Å². The monoisotopic (exact) mass is 545 g/mol. The van der Waals surface area contributed by atoms with E-state index in [4.69, 9.17) is 25.4 Å². The van der Waals surface area contributed by atoms with E-state index in [1.165, 1.54) is 0 Å². The molecule has 0 aliphatic rings. The average Bonchev–Trinajstić information content (AvgIpc) is 2.72. The summed E-state index contributed by atoms with van der Waals surface area (Å²) < 4.78 is 36.3. The lowest BCUT2D eigenvalue weighted by atomic mass is 10.2. The van der Waals surface area contributed by atoms with E-state index < -0.39 is 33.5 Å². The molecule has 0 aromatic heterocycles. The molecule has 0 radical (unpaired) electrons. The van der Waals surface area contributed by atoms with Gasteiger partial charge in [0.1, 0.15) is 11.2 Å².